The summed E-state index contributed by atoms with van der Waals surface area (Å²) in [6.45, 7) is 4.43. The standard InChI is InChI=1S/C22H25N5O3/c1-16-6-7-20-24-18(14-27(20)13-16)15-30-19-5-2-4-17(12-19)21(28)25-8-3-9-26(11-10-25)22(23)29/h2,4-7,12-14H,3,8-11,15H2,1H3,(H2,23,29). The second-order valence-electron chi connectivity index (χ2n) is 7.49. The molecule has 0 aliphatic carbocycles. The summed E-state index contributed by atoms with van der Waals surface area (Å²) >= 11 is 0. The highest BCUT2D eigenvalue weighted by molar-refractivity contribution is 5.94. The predicted octanol–water partition coefficient (Wildman–Crippen LogP) is 2.45. The van der Waals surface area contributed by atoms with Gasteiger partial charge in [-0.25, -0.2) is 9.78 Å². The summed E-state index contributed by atoms with van der Waals surface area (Å²) in [7, 11) is 0. The normalized spacial score (nSPS) is 14.6. The van der Waals surface area contributed by atoms with Gasteiger partial charge in [-0.05, 0) is 43.2 Å². The van der Waals surface area contributed by atoms with Crippen molar-refractivity contribution in [3.05, 3.63) is 65.6 Å². The Balaban J connectivity index is 1.41. The summed E-state index contributed by atoms with van der Waals surface area (Å²) in [5, 5.41) is 0. The first-order valence-electron chi connectivity index (χ1n) is 10.0. The van der Waals surface area contributed by atoms with E-state index in [9.17, 15) is 9.59 Å². The van der Waals surface area contributed by atoms with Crippen LogP contribution in [0.1, 0.15) is 28.0 Å². The molecule has 1 aliphatic heterocycles. The summed E-state index contributed by atoms with van der Waals surface area (Å²) in [4.78, 5) is 32.2. The van der Waals surface area contributed by atoms with E-state index < -0.39 is 6.03 Å². The Kier molecular flexibility index (Phi) is 5.56. The number of ether oxygens (including phenoxy) is 1. The van der Waals surface area contributed by atoms with Gasteiger partial charge in [-0.1, -0.05) is 12.1 Å². The molecule has 30 heavy (non-hydrogen) atoms. The fraction of sp³-hybridized carbons (Fsp3) is 0.318. The SMILES string of the molecule is Cc1ccc2nc(COc3cccc(C(=O)N4CCCN(C(N)=O)CC4)c3)cn2c1. The molecule has 0 bridgehead atoms. The van der Waals surface area contributed by atoms with Gasteiger partial charge in [0.05, 0.1) is 5.69 Å². The number of nitrogens with zero attached hydrogens (tertiary/aromatic N) is 4. The third kappa shape index (κ3) is 4.37. The maximum Gasteiger partial charge on any atom is 0.314 e. The molecule has 0 radical (unpaired) electrons. The molecule has 2 aromatic heterocycles. The number of urea groups is 1. The Morgan fingerprint density at radius 2 is 1.87 bits per heavy atom. The van der Waals surface area contributed by atoms with Crippen LogP contribution in [0.4, 0.5) is 4.79 Å². The lowest BCUT2D eigenvalue weighted by molar-refractivity contribution is 0.0762. The molecule has 3 heterocycles. The average molecular weight is 407 g/mol. The van der Waals surface area contributed by atoms with Crippen LogP contribution in [0.15, 0.2) is 48.8 Å². The zero-order valence-electron chi connectivity index (χ0n) is 17.0. The average Bonchev–Trinajstić information content (AvgIpc) is 2.97. The van der Waals surface area contributed by atoms with E-state index in [2.05, 4.69) is 4.98 Å². The third-order valence-corrected chi connectivity index (χ3v) is 5.21. The maximum absolute atomic E-state index is 12.9. The van der Waals surface area contributed by atoms with E-state index in [0.29, 0.717) is 50.5 Å². The van der Waals surface area contributed by atoms with Crippen molar-refractivity contribution in [1.82, 2.24) is 19.2 Å². The number of hydrogen-bond acceptors (Lipinski definition) is 4. The van der Waals surface area contributed by atoms with Crippen LogP contribution in [-0.4, -0.2) is 57.3 Å². The predicted molar refractivity (Wildman–Crippen MR) is 112 cm³/mol. The molecule has 0 atom stereocenters. The Morgan fingerprint density at radius 1 is 1.07 bits per heavy atom. The number of amides is 3. The first kappa shape index (κ1) is 19.8. The Labute approximate surface area is 174 Å². The van der Waals surface area contributed by atoms with Gasteiger partial charge in [-0.15, -0.1) is 0 Å². The smallest absolute Gasteiger partial charge is 0.314 e. The molecule has 1 fully saturated rings. The lowest BCUT2D eigenvalue weighted by Crippen LogP contribution is -2.39. The summed E-state index contributed by atoms with van der Waals surface area (Å²) in [5.74, 6) is 0.539. The largest absolute Gasteiger partial charge is 0.487 e. The molecule has 0 saturated carbocycles. The van der Waals surface area contributed by atoms with Gasteiger partial charge < -0.3 is 24.7 Å². The summed E-state index contributed by atoms with van der Waals surface area (Å²) in [6.07, 6.45) is 4.67. The number of pyridine rings is 1. The Hall–Kier alpha value is -3.55. The number of carbonyl (C=O) groups excluding carboxylic acids is 2. The van der Waals surface area contributed by atoms with Gasteiger partial charge in [0.15, 0.2) is 0 Å². The molecule has 156 valence electrons. The highest BCUT2D eigenvalue weighted by Crippen LogP contribution is 2.18. The third-order valence-electron chi connectivity index (χ3n) is 5.21. The van der Waals surface area contributed by atoms with Gasteiger partial charge in [-0.3, -0.25) is 4.79 Å². The second kappa shape index (κ2) is 8.44. The number of nitrogens with two attached hydrogens (primary N) is 1. The van der Waals surface area contributed by atoms with Crippen LogP contribution < -0.4 is 10.5 Å². The van der Waals surface area contributed by atoms with Crippen molar-refractivity contribution < 1.29 is 14.3 Å². The van der Waals surface area contributed by atoms with Gasteiger partial charge in [0.25, 0.3) is 5.91 Å². The molecule has 0 spiro atoms. The van der Waals surface area contributed by atoms with Crippen LogP contribution in [0.25, 0.3) is 5.65 Å². The lowest BCUT2D eigenvalue weighted by Gasteiger charge is -2.21. The van der Waals surface area contributed by atoms with Crippen LogP contribution in [0.3, 0.4) is 0 Å². The van der Waals surface area contributed by atoms with Crippen molar-refractivity contribution in [3.63, 3.8) is 0 Å². The molecule has 1 saturated heterocycles. The zero-order valence-corrected chi connectivity index (χ0v) is 17.0. The van der Waals surface area contributed by atoms with Crippen LogP contribution in [0, 0.1) is 6.92 Å². The van der Waals surface area contributed by atoms with E-state index in [1.54, 1.807) is 21.9 Å². The zero-order chi connectivity index (χ0) is 21.1. The summed E-state index contributed by atoms with van der Waals surface area (Å²) < 4.78 is 7.86. The minimum Gasteiger partial charge on any atom is -0.487 e. The molecule has 8 nitrogen and oxygen atoms in total. The highest BCUT2D eigenvalue weighted by atomic mass is 16.5. The molecule has 3 aromatic rings. The number of benzene rings is 1. The van der Waals surface area contributed by atoms with Crippen molar-refractivity contribution in [1.29, 1.82) is 0 Å². The van der Waals surface area contributed by atoms with E-state index in [4.69, 9.17) is 10.5 Å². The number of hydrogen-bond donors (Lipinski definition) is 1. The fourth-order valence-corrected chi connectivity index (χ4v) is 3.62. The van der Waals surface area contributed by atoms with Crippen molar-refractivity contribution in [2.45, 2.75) is 20.0 Å². The minimum absolute atomic E-state index is 0.0741. The number of primary amides is 1. The van der Waals surface area contributed by atoms with Crippen LogP contribution >= 0.6 is 0 Å². The van der Waals surface area contributed by atoms with Crippen LogP contribution in [0.5, 0.6) is 5.75 Å². The second-order valence-corrected chi connectivity index (χ2v) is 7.49. The molecule has 1 aromatic carbocycles. The van der Waals surface area contributed by atoms with Gasteiger partial charge in [0.2, 0.25) is 0 Å². The molecular formula is C22H25N5O3. The highest BCUT2D eigenvalue weighted by Gasteiger charge is 2.22. The molecule has 0 unspecified atom stereocenters. The van der Waals surface area contributed by atoms with Gasteiger partial charge in [0.1, 0.15) is 18.0 Å². The number of fused-ring (bicyclic) bond motifs is 1. The molecule has 1 aliphatic rings. The van der Waals surface area contributed by atoms with Crippen molar-refractivity contribution in [2.24, 2.45) is 5.73 Å². The van der Waals surface area contributed by atoms with Crippen molar-refractivity contribution in [2.75, 3.05) is 26.2 Å². The topological polar surface area (TPSA) is 93.2 Å². The van der Waals surface area contributed by atoms with Gasteiger partial charge in [-0.2, -0.15) is 0 Å². The molecule has 8 heteroatoms. The summed E-state index contributed by atoms with van der Waals surface area (Å²) in [6, 6.07) is 10.7. The van der Waals surface area contributed by atoms with Crippen LogP contribution in [-0.2, 0) is 6.61 Å². The van der Waals surface area contributed by atoms with E-state index in [-0.39, 0.29) is 5.91 Å². The fourth-order valence-electron chi connectivity index (χ4n) is 3.62. The lowest BCUT2D eigenvalue weighted by atomic mass is 10.2. The quantitative estimate of drug-likeness (QED) is 0.719. The number of rotatable bonds is 4. The number of carbonyl (C=O) groups is 2. The van der Waals surface area contributed by atoms with Crippen molar-refractivity contribution >= 4 is 17.6 Å². The first-order chi connectivity index (χ1) is 14.5. The number of aromatic nitrogens is 2. The van der Waals surface area contributed by atoms with Crippen LogP contribution in [0.2, 0.25) is 0 Å². The summed E-state index contributed by atoms with van der Waals surface area (Å²) in [5.41, 5.74) is 8.77. The maximum atomic E-state index is 12.9. The minimum atomic E-state index is -0.443. The number of aryl methyl sites for hydroxylation is 1. The van der Waals surface area contributed by atoms with E-state index >= 15 is 0 Å². The van der Waals surface area contributed by atoms with Crippen molar-refractivity contribution in [3.8, 4) is 5.75 Å². The Morgan fingerprint density at radius 3 is 2.70 bits per heavy atom. The van der Waals surface area contributed by atoms with E-state index in [1.807, 2.05) is 48.0 Å². The molecule has 4 rings (SSSR count). The van der Waals surface area contributed by atoms with Gasteiger partial charge >= 0.3 is 6.03 Å². The number of imidazole rings is 1. The van der Waals surface area contributed by atoms with E-state index in [1.165, 1.54) is 0 Å². The monoisotopic (exact) mass is 407 g/mol. The Bertz CT molecular complexity index is 1080. The molecule has 2 N–H and O–H groups in total. The molecule has 3 amide bonds. The van der Waals surface area contributed by atoms with E-state index in [0.717, 1.165) is 16.9 Å². The van der Waals surface area contributed by atoms with Gasteiger partial charge in [0, 0.05) is 44.1 Å². The molecular weight excluding hydrogens is 382 g/mol. The first-order valence-corrected chi connectivity index (χ1v) is 10.0.